The third kappa shape index (κ3) is 4.19. The van der Waals surface area contributed by atoms with Gasteiger partial charge in [-0.2, -0.15) is 13.2 Å². The van der Waals surface area contributed by atoms with Gasteiger partial charge in [0.2, 0.25) is 5.75 Å². The second-order valence-electron chi connectivity index (χ2n) is 4.73. The molecule has 0 saturated carbocycles. The molecule has 0 radical (unpaired) electrons. The average molecular weight is 326 g/mol. The summed E-state index contributed by atoms with van der Waals surface area (Å²) in [6.07, 6.45) is -4.07. The molecule has 8 heteroatoms. The van der Waals surface area contributed by atoms with E-state index in [4.69, 9.17) is 10.5 Å². The zero-order valence-corrected chi connectivity index (χ0v) is 11.8. The molecule has 0 heterocycles. The van der Waals surface area contributed by atoms with Crippen molar-refractivity contribution in [1.29, 1.82) is 0 Å². The van der Waals surface area contributed by atoms with E-state index in [2.05, 4.69) is 0 Å². The Kier molecular flexibility index (Phi) is 4.85. The first-order valence-electron chi connectivity index (χ1n) is 6.64. The van der Waals surface area contributed by atoms with Crippen LogP contribution in [-0.4, -0.2) is 11.5 Å². The number of nitro groups is 1. The molecule has 5 nitrogen and oxygen atoms in total. The van der Waals surface area contributed by atoms with Gasteiger partial charge in [-0.3, -0.25) is 10.1 Å². The number of alkyl halides is 3. The van der Waals surface area contributed by atoms with Crippen LogP contribution in [0.25, 0.3) is 0 Å². The molecule has 23 heavy (non-hydrogen) atoms. The summed E-state index contributed by atoms with van der Waals surface area (Å²) < 4.78 is 43.3. The Morgan fingerprint density at radius 1 is 1.17 bits per heavy atom. The fraction of sp³-hybridized carbons (Fsp3) is 0.200. The van der Waals surface area contributed by atoms with Crippen LogP contribution in [0, 0.1) is 10.1 Å². The summed E-state index contributed by atoms with van der Waals surface area (Å²) in [4.78, 5) is 10.1. The molecular weight excluding hydrogens is 313 g/mol. The number of rotatable bonds is 5. The largest absolute Gasteiger partial charge is 0.450 e. The van der Waals surface area contributed by atoms with Gasteiger partial charge in [-0.15, -0.1) is 0 Å². The highest BCUT2D eigenvalue weighted by Crippen LogP contribution is 2.37. The molecular formula is C15H13F3N2O3. The summed E-state index contributed by atoms with van der Waals surface area (Å²) in [7, 11) is 0. The molecule has 0 aliphatic rings. The topological polar surface area (TPSA) is 78.4 Å². The second kappa shape index (κ2) is 6.66. The third-order valence-electron chi connectivity index (χ3n) is 3.04. The Morgan fingerprint density at radius 2 is 1.91 bits per heavy atom. The molecule has 0 fully saturated rings. The molecule has 0 bridgehead atoms. The summed E-state index contributed by atoms with van der Waals surface area (Å²) in [6.45, 7) is 0.421. The van der Waals surface area contributed by atoms with Crippen LogP contribution in [0.4, 0.5) is 18.9 Å². The molecule has 122 valence electrons. The van der Waals surface area contributed by atoms with E-state index in [9.17, 15) is 23.3 Å². The molecule has 0 aromatic heterocycles. The highest BCUT2D eigenvalue weighted by Gasteiger charge is 2.33. The highest BCUT2D eigenvalue weighted by atomic mass is 19.4. The van der Waals surface area contributed by atoms with E-state index in [1.807, 2.05) is 0 Å². The van der Waals surface area contributed by atoms with E-state index in [0.29, 0.717) is 24.8 Å². The van der Waals surface area contributed by atoms with E-state index in [1.165, 1.54) is 0 Å². The van der Waals surface area contributed by atoms with E-state index < -0.39 is 22.4 Å². The van der Waals surface area contributed by atoms with E-state index in [-0.39, 0.29) is 5.75 Å². The number of hydrogen-bond acceptors (Lipinski definition) is 4. The maximum absolute atomic E-state index is 12.7. The van der Waals surface area contributed by atoms with Crippen LogP contribution in [0.3, 0.4) is 0 Å². The van der Waals surface area contributed by atoms with Crippen molar-refractivity contribution in [3.63, 3.8) is 0 Å². The smallest absolute Gasteiger partial charge is 0.416 e. The lowest BCUT2D eigenvalue weighted by Crippen LogP contribution is -2.06. The zero-order valence-electron chi connectivity index (χ0n) is 11.8. The quantitative estimate of drug-likeness (QED) is 0.667. The second-order valence-corrected chi connectivity index (χ2v) is 4.73. The van der Waals surface area contributed by atoms with Gasteiger partial charge in [0.05, 0.1) is 10.5 Å². The van der Waals surface area contributed by atoms with Crippen molar-refractivity contribution >= 4 is 5.69 Å². The van der Waals surface area contributed by atoms with Crippen molar-refractivity contribution in [2.75, 3.05) is 6.54 Å². The van der Waals surface area contributed by atoms with E-state index in [0.717, 1.165) is 17.7 Å². The van der Waals surface area contributed by atoms with Gasteiger partial charge >= 0.3 is 11.9 Å². The number of hydrogen-bond donors (Lipinski definition) is 1. The van der Waals surface area contributed by atoms with Gasteiger partial charge in [0, 0.05) is 6.07 Å². The van der Waals surface area contributed by atoms with Gasteiger partial charge in [-0.05, 0) is 42.8 Å². The predicted octanol–water partition coefficient (Wildman–Crippen LogP) is 3.91. The average Bonchev–Trinajstić information content (AvgIpc) is 2.47. The molecule has 2 N–H and O–H groups in total. The van der Waals surface area contributed by atoms with Crippen molar-refractivity contribution in [3.05, 3.63) is 63.7 Å². The summed E-state index contributed by atoms with van der Waals surface area (Å²) >= 11 is 0. The third-order valence-corrected chi connectivity index (χ3v) is 3.04. The Labute approximate surface area is 129 Å². The number of ether oxygens (including phenoxy) is 1. The monoisotopic (exact) mass is 326 g/mol. The molecule has 0 aliphatic carbocycles. The van der Waals surface area contributed by atoms with Gasteiger partial charge in [-0.1, -0.05) is 12.1 Å². The standard InChI is InChI=1S/C15H13F3N2O3/c16-15(17,18)11-4-5-14(13(9-11)20(21)22)23-12-3-1-2-10(8-12)6-7-19/h1-5,8-9H,6-7,19H2. The Balaban J connectivity index is 2.36. The van der Waals surface area contributed by atoms with Crippen molar-refractivity contribution in [2.24, 2.45) is 5.73 Å². The summed E-state index contributed by atoms with van der Waals surface area (Å²) in [5, 5.41) is 11.0. The Hall–Kier alpha value is -2.61. The molecule has 0 amide bonds. The summed E-state index contributed by atoms with van der Waals surface area (Å²) in [6, 6.07) is 8.81. The van der Waals surface area contributed by atoms with Gasteiger partial charge in [0.15, 0.2) is 0 Å². The van der Waals surface area contributed by atoms with Crippen molar-refractivity contribution in [2.45, 2.75) is 12.6 Å². The van der Waals surface area contributed by atoms with Crippen LogP contribution in [0.1, 0.15) is 11.1 Å². The molecule has 0 atom stereocenters. The lowest BCUT2D eigenvalue weighted by atomic mass is 10.1. The fourth-order valence-corrected chi connectivity index (χ4v) is 1.98. The van der Waals surface area contributed by atoms with Gasteiger partial charge in [-0.25, -0.2) is 0 Å². The molecule has 2 aromatic rings. The number of nitrogens with zero attached hydrogens (tertiary/aromatic N) is 1. The minimum Gasteiger partial charge on any atom is -0.450 e. The van der Waals surface area contributed by atoms with E-state index >= 15 is 0 Å². The molecule has 0 saturated heterocycles. The van der Waals surface area contributed by atoms with Crippen LogP contribution in [-0.2, 0) is 12.6 Å². The highest BCUT2D eigenvalue weighted by molar-refractivity contribution is 5.51. The molecule has 2 aromatic carbocycles. The fourth-order valence-electron chi connectivity index (χ4n) is 1.98. The minimum atomic E-state index is -4.66. The Morgan fingerprint density at radius 3 is 2.52 bits per heavy atom. The van der Waals surface area contributed by atoms with Crippen molar-refractivity contribution < 1.29 is 22.8 Å². The van der Waals surface area contributed by atoms with Crippen LogP contribution in [0.5, 0.6) is 11.5 Å². The van der Waals surface area contributed by atoms with Gasteiger partial charge in [0.1, 0.15) is 5.75 Å². The zero-order chi connectivity index (χ0) is 17.0. The van der Waals surface area contributed by atoms with Crippen LogP contribution in [0.2, 0.25) is 0 Å². The SMILES string of the molecule is NCCc1cccc(Oc2ccc(C(F)(F)F)cc2[N+](=O)[O-])c1. The predicted molar refractivity (Wildman–Crippen MR) is 77.4 cm³/mol. The van der Waals surface area contributed by atoms with Gasteiger partial charge in [0.25, 0.3) is 0 Å². The normalized spacial score (nSPS) is 11.3. The van der Waals surface area contributed by atoms with E-state index in [1.54, 1.807) is 24.3 Å². The lowest BCUT2D eigenvalue weighted by molar-refractivity contribution is -0.385. The number of nitrogens with two attached hydrogens (primary N) is 1. The molecule has 0 unspecified atom stereocenters. The molecule has 2 rings (SSSR count). The summed E-state index contributed by atoms with van der Waals surface area (Å²) in [5.41, 5.74) is 4.46. The molecule has 0 aliphatic heterocycles. The van der Waals surface area contributed by atoms with Crippen LogP contribution < -0.4 is 10.5 Å². The Bertz CT molecular complexity index is 717. The first-order chi connectivity index (χ1) is 10.8. The molecule has 0 spiro atoms. The van der Waals surface area contributed by atoms with Crippen molar-refractivity contribution in [3.8, 4) is 11.5 Å². The maximum Gasteiger partial charge on any atom is 0.416 e. The van der Waals surface area contributed by atoms with Crippen LogP contribution >= 0.6 is 0 Å². The first-order valence-corrected chi connectivity index (χ1v) is 6.64. The number of nitro benzene ring substituents is 1. The van der Waals surface area contributed by atoms with Crippen molar-refractivity contribution in [1.82, 2.24) is 0 Å². The summed E-state index contributed by atoms with van der Waals surface area (Å²) in [5.74, 6) is 0.0340. The number of halogens is 3. The lowest BCUT2D eigenvalue weighted by Gasteiger charge is -2.10. The number of benzene rings is 2. The van der Waals surface area contributed by atoms with Crippen LogP contribution in [0.15, 0.2) is 42.5 Å². The minimum absolute atomic E-state index is 0.257. The van der Waals surface area contributed by atoms with Gasteiger partial charge < -0.3 is 10.5 Å². The first kappa shape index (κ1) is 16.8. The maximum atomic E-state index is 12.7.